The van der Waals surface area contributed by atoms with Crippen molar-refractivity contribution < 1.29 is 14.0 Å². The zero-order valence-electron chi connectivity index (χ0n) is 14.9. The van der Waals surface area contributed by atoms with E-state index in [1.165, 1.54) is 12.5 Å². The molecular formula is C17H21N7O3. The number of oxazole rings is 1. The van der Waals surface area contributed by atoms with Crippen LogP contribution in [0, 0.1) is 0 Å². The maximum Gasteiger partial charge on any atom is 0.273 e. The van der Waals surface area contributed by atoms with Crippen LogP contribution in [0.3, 0.4) is 0 Å². The number of carbonyl (C=O) groups excluding carboxylic acids is 2. The van der Waals surface area contributed by atoms with Gasteiger partial charge in [0, 0.05) is 18.3 Å². The summed E-state index contributed by atoms with van der Waals surface area (Å²) in [4.78, 5) is 32.2. The Morgan fingerprint density at radius 2 is 2.26 bits per heavy atom. The highest BCUT2D eigenvalue weighted by atomic mass is 16.3. The third-order valence-corrected chi connectivity index (χ3v) is 4.06. The van der Waals surface area contributed by atoms with Crippen LogP contribution in [0.15, 0.2) is 34.1 Å². The van der Waals surface area contributed by atoms with E-state index in [0.29, 0.717) is 24.5 Å². The summed E-state index contributed by atoms with van der Waals surface area (Å²) in [6.07, 6.45) is 4.69. The molecule has 3 heterocycles. The molecule has 2 aromatic heterocycles. The number of unbranched alkanes of at least 4 members (excludes halogenated alkanes) is 1. The van der Waals surface area contributed by atoms with Gasteiger partial charge in [-0.15, -0.1) is 0 Å². The van der Waals surface area contributed by atoms with Gasteiger partial charge in [-0.2, -0.15) is 5.10 Å². The molecule has 0 aliphatic carbocycles. The van der Waals surface area contributed by atoms with E-state index in [0.717, 1.165) is 12.8 Å². The van der Waals surface area contributed by atoms with E-state index in [1.54, 1.807) is 17.1 Å². The van der Waals surface area contributed by atoms with Crippen LogP contribution in [0.4, 0.5) is 5.82 Å². The summed E-state index contributed by atoms with van der Waals surface area (Å²) in [5.41, 5.74) is 11.8. The molecule has 0 saturated heterocycles. The monoisotopic (exact) mass is 371 g/mol. The van der Waals surface area contributed by atoms with Crippen molar-refractivity contribution in [3.05, 3.63) is 30.3 Å². The molecule has 0 spiro atoms. The maximum absolute atomic E-state index is 12.5. The summed E-state index contributed by atoms with van der Waals surface area (Å²) in [5, 5.41) is 8.69. The lowest BCUT2D eigenvalue weighted by Gasteiger charge is -2.16. The van der Waals surface area contributed by atoms with Gasteiger partial charge in [-0.05, 0) is 18.6 Å². The number of rotatable bonds is 7. The van der Waals surface area contributed by atoms with Crippen molar-refractivity contribution in [2.24, 2.45) is 10.8 Å². The number of aromatic nitrogens is 2. The number of hydrogen-bond acceptors (Lipinski definition) is 8. The standard InChI is InChI=1S/C17H21N7O3/c1-2-3-6-24-8-11(14(23-24)15(19)25)21-16(26)12-9-27-17(22-12)10-4-5-20-13(18)7-10/h4-5,7,9,11H,2-3,6,8H2,1H3,(H2,18,20)(H2,19,25)(H,21,26). The quantitative estimate of drug-likeness (QED) is 0.635. The molecular weight excluding hydrogens is 350 g/mol. The summed E-state index contributed by atoms with van der Waals surface area (Å²) < 4.78 is 5.35. The Morgan fingerprint density at radius 1 is 1.44 bits per heavy atom. The second-order valence-corrected chi connectivity index (χ2v) is 6.15. The molecule has 0 aromatic carbocycles. The Kier molecular flexibility index (Phi) is 5.34. The zero-order chi connectivity index (χ0) is 19.4. The molecule has 0 radical (unpaired) electrons. The molecule has 142 valence electrons. The van der Waals surface area contributed by atoms with Crippen molar-refractivity contribution in [2.75, 3.05) is 18.8 Å². The van der Waals surface area contributed by atoms with Gasteiger partial charge in [0.2, 0.25) is 5.89 Å². The first-order valence-electron chi connectivity index (χ1n) is 8.59. The van der Waals surface area contributed by atoms with E-state index in [4.69, 9.17) is 15.9 Å². The van der Waals surface area contributed by atoms with Crippen LogP contribution in [0.5, 0.6) is 0 Å². The number of hydrogen-bond donors (Lipinski definition) is 3. The Bertz CT molecular complexity index is 877. The van der Waals surface area contributed by atoms with Gasteiger partial charge < -0.3 is 21.2 Å². The minimum Gasteiger partial charge on any atom is -0.444 e. The molecule has 3 rings (SSSR count). The second-order valence-electron chi connectivity index (χ2n) is 6.15. The van der Waals surface area contributed by atoms with Crippen molar-refractivity contribution in [1.82, 2.24) is 20.3 Å². The van der Waals surface area contributed by atoms with Crippen molar-refractivity contribution >= 4 is 23.3 Å². The maximum atomic E-state index is 12.5. The van der Waals surface area contributed by atoms with Crippen LogP contribution in [0.1, 0.15) is 30.3 Å². The topological polar surface area (TPSA) is 153 Å². The molecule has 1 aliphatic rings. The molecule has 27 heavy (non-hydrogen) atoms. The van der Waals surface area contributed by atoms with E-state index in [-0.39, 0.29) is 17.3 Å². The number of amides is 2. The molecule has 0 saturated carbocycles. The smallest absolute Gasteiger partial charge is 0.273 e. The number of carbonyl (C=O) groups is 2. The lowest BCUT2D eigenvalue weighted by Crippen LogP contribution is -2.46. The number of anilines is 1. The summed E-state index contributed by atoms with van der Waals surface area (Å²) >= 11 is 0. The predicted octanol–water partition coefficient (Wildman–Crippen LogP) is 0.374. The van der Waals surface area contributed by atoms with E-state index in [9.17, 15) is 9.59 Å². The molecule has 0 bridgehead atoms. The largest absolute Gasteiger partial charge is 0.444 e. The fraction of sp³-hybridized carbons (Fsp3) is 0.353. The zero-order valence-corrected chi connectivity index (χ0v) is 14.9. The normalized spacial score (nSPS) is 16.3. The number of nitrogen functional groups attached to an aromatic ring is 1. The first kappa shape index (κ1) is 18.4. The fourth-order valence-electron chi connectivity index (χ4n) is 2.70. The van der Waals surface area contributed by atoms with Gasteiger partial charge in [0.25, 0.3) is 11.8 Å². The molecule has 1 aliphatic heterocycles. The van der Waals surface area contributed by atoms with Crippen LogP contribution >= 0.6 is 0 Å². The van der Waals surface area contributed by atoms with Gasteiger partial charge in [0.15, 0.2) is 5.69 Å². The van der Waals surface area contributed by atoms with E-state index >= 15 is 0 Å². The molecule has 10 nitrogen and oxygen atoms in total. The van der Waals surface area contributed by atoms with Gasteiger partial charge in [-0.1, -0.05) is 13.3 Å². The van der Waals surface area contributed by atoms with Crippen molar-refractivity contribution in [1.29, 1.82) is 0 Å². The van der Waals surface area contributed by atoms with Gasteiger partial charge in [-0.3, -0.25) is 14.6 Å². The Labute approximate surface area is 155 Å². The molecule has 0 fully saturated rings. The number of nitrogens with one attached hydrogen (secondary N) is 1. The molecule has 10 heteroatoms. The van der Waals surface area contributed by atoms with Crippen LogP contribution < -0.4 is 16.8 Å². The predicted molar refractivity (Wildman–Crippen MR) is 98.5 cm³/mol. The lowest BCUT2D eigenvalue weighted by atomic mass is 10.1. The minimum atomic E-state index is -0.660. The van der Waals surface area contributed by atoms with E-state index in [2.05, 4.69) is 27.3 Å². The molecule has 1 unspecified atom stereocenters. The van der Waals surface area contributed by atoms with Gasteiger partial charge in [0.05, 0.1) is 12.6 Å². The first-order chi connectivity index (χ1) is 13.0. The Morgan fingerprint density at radius 3 is 2.96 bits per heavy atom. The highest BCUT2D eigenvalue weighted by Gasteiger charge is 2.32. The second kappa shape index (κ2) is 7.85. The molecule has 2 aromatic rings. The van der Waals surface area contributed by atoms with E-state index in [1.807, 2.05) is 0 Å². The molecule has 2 amide bonds. The van der Waals surface area contributed by atoms with Crippen LogP contribution in [0.25, 0.3) is 11.5 Å². The van der Waals surface area contributed by atoms with Crippen LogP contribution in [0.2, 0.25) is 0 Å². The highest BCUT2D eigenvalue weighted by Crippen LogP contribution is 2.19. The van der Waals surface area contributed by atoms with E-state index < -0.39 is 17.9 Å². The summed E-state index contributed by atoms with van der Waals surface area (Å²) in [7, 11) is 0. The number of primary amides is 1. The van der Waals surface area contributed by atoms with Gasteiger partial charge in [0.1, 0.15) is 17.8 Å². The summed E-state index contributed by atoms with van der Waals surface area (Å²) in [6.45, 7) is 3.14. The average Bonchev–Trinajstić information content (AvgIpc) is 3.27. The number of nitrogens with zero attached hydrogens (tertiary/aromatic N) is 4. The SMILES string of the molecule is CCCCN1CC(NC(=O)c2coc(-c3ccnc(N)c3)n2)C(C(N)=O)=N1. The summed E-state index contributed by atoms with van der Waals surface area (Å²) in [6, 6.07) is 2.67. The van der Waals surface area contributed by atoms with Crippen molar-refractivity contribution in [3.8, 4) is 11.5 Å². The van der Waals surface area contributed by atoms with Crippen LogP contribution in [-0.4, -0.2) is 51.6 Å². The average molecular weight is 371 g/mol. The number of hydrazone groups is 1. The molecule has 1 atom stereocenters. The highest BCUT2D eigenvalue weighted by molar-refractivity contribution is 6.41. The van der Waals surface area contributed by atoms with Crippen LogP contribution in [-0.2, 0) is 4.79 Å². The van der Waals surface area contributed by atoms with Gasteiger partial charge in [-0.25, -0.2) is 9.97 Å². The molecule has 5 N–H and O–H groups in total. The third-order valence-electron chi connectivity index (χ3n) is 4.06. The Balaban J connectivity index is 1.70. The van der Waals surface area contributed by atoms with Gasteiger partial charge >= 0.3 is 0 Å². The van der Waals surface area contributed by atoms with Crippen molar-refractivity contribution in [2.45, 2.75) is 25.8 Å². The number of pyridine rings is 1. The minimum absolute atomic E-state index is 0.0798. The van der Waals surface area contributed by atoms with Crippen molar-refractivity contribution in [3.63, 3.8) is 0 Å². The third kappa shape index (κ3) is 4.22. The summed E-state index contributed by atoms with van der Waals surface area (Å²) in [5.74, 6) is -0.582. The fourth-order valence-corrected chi connectivity index (χ4v) is 2.70. The Hall–Kier alpha value is -3.43. The lowest BCUT2D eigenvalue weighted by molar-refractivity contribution is -0.112. The number of nitrogens with two attached hydrogens (primary N) is 2. The first-order valence-corrected chi connectivity index (χ1v) is 8.59.